The first-order chi connectivity index (χ1) is 9.54. The predicted molar refractivity (Wildman–Crippen MR) is 74.8 cm³/mol. The summed E-state index contributed by atoms with van der Waals surface area (Å²) in [5.74, 6) is -0.103. The van der Waals surface area contributed by atoms with Crippen molar-refractivity contribution in [1.29, 1.82) is 0 Å². The molecule has 1 heterocycles. The van der Waals surface area contributed by atoms with Gasteiger partial charge in [-0.15, -0.1) is 0 Å². The molecule has 0 aromatic heterocycles. The number of benzene rings is 1. The summed E-state index contributed by atoms with van der Waals surface area (Å²) in [7, 11) is -3.48. The van der Waals surface area contributed by atoms with Crippen LogP contribution in [0.5, 0.6) is 0 Å². The van der Waals surface area contributed by atoms with Crippen LogP contribution in [0.3, 0.4) is 0 Å². The summed E-state index contributed by atoms with van der Waals surface area (Å²) in [5, 5.41) is 5.78. The van der Waals surface area contributed by atoms with E-state index in [1.54, 1.807) is 12.1 Å². The fourth-order valence-electron chi connectivity index (χ4n) is 1.95. The van der Waals surface area contributed by atoms with E-state index in [9.17, 15) is 13.2 Å². The topological polar surface area (TPSA) is 87.3 Å². The summed E-state index contributed by atoms with van der Waals surface area (Å²) >= 11 is 0. The molecule has 0 radical (unpaired) electrons. The molecule has 1 aromatic rings. The monoisotopic (exact) mass is 295 g/mol. The molecule has 1 aromatic carbocycles. The van der Waals surface area contributed by atoms with E-state index in [0.29, 0.717) is 18.8 Å². The lowest BCUT2D eigenvalue weighted by molar-refractivity contribution is -0.121. The van der Waals surface area contributed by atoms with Crippen LogP contribution >= 0.6 is 0 Å². The first-order valence-electron chi connectivity index (χ1n) is 6.68. The minimum absolute atomic E-state index is 0.0279. The second-order valence-corrected chi connectivity index (χ2v) is 6.98. The standard InChI is InChI=1S/C13H17N3O3S/c17-13(9-7-14-8-9)15-11-2-1-3-12(6-11)20(18,19)16-10-4-5-10/h1-3,6,9-10,14,16H,4-5,7-8H2,(H,15,17). The number of amides is 1. The largest absolute Gasteiger partial charge is 0.326 e. The number of nitrogens with one attached hydrogen (secondary N) is 3. The molecule has 3 N–H and O–H groups in total. The van der Waals surface area contributed by atoms with E-state index in [1.807, 2.05) is 0 Å². The Bertz CT molecular complexity index is 622. The minimum Gasteiger partial charge on any atom is -0.326 e. The third kappa shape index (κ3) is 3.00. The van der Waals surface area contributed by atoms with Crippen LogP contribution in [0, 0.1) is 5.92 Å². The lowest BCUT2D eigenvalue weighted by Crippen LogP contribution is -2.48. The van der Waals surface area contributed by atoms with E-state index < -0.39 is 10.0 Å². The maximum atomic E-state index is 12.1. The molecule has 20 heavy (non-hydrogen) atoms. The number of hydrogen-bond donors (Lipinski definition) is 3. The number of sulfonamides is 1. The van der Waals surface area contributed by atoms with Crippen LogP contribution < -0.4 is 15.4 Å². The van der Waals surface area contributed by atoms with Gasteiger partial charge in [0.1, 0.15) is 0 Å². The van der Waals surface area contributed by atoms with Crippen LogP contribution in [0.15, 0.2) is 29.2 Å². The maximum Gasteiger partial charge on any atom is 0.240 e. The van der Waals surface area contributed by atoms with Gasteiger partial charge in [-0.1, -0.05) is 6.07 Å². The van der Waals surface area contributed by atoms with Gasteiger partial charge in [0, 0.05) is 24.8 Å². The fourth-order valence-corrected chi connectivity index (χ4v) is 3.30. The number of hydrogen-bond acceptors (Lipinski definition) is 4. The highest BCUT2D eigenvalue weighted by Crippen LogP contribution is 2.23. The molecule has 1 saturated heterocycles. The second-order valence-electron chi connectivity index (χ2n) is 5.27. The number of rotatable bonds is 5. The molecule has 2 aliphatic rings. The highest BCUT2D eigenvalue weighted by Gasteiger charge is 2.28. The van der Waals surface area contributed by atoms with E-state index in [0.717, 1.165) is 12.8 Å². The lowest BCUT2D eigenvalue weighted by atomic mass is 10.0. The van der Waals surface area contributed by atoms with E-state index in [1.165, 1.54) is 12.1 Å². The Hall–Kier alpha value is -1.44. The highest BCUT2D eigenvalue weighted by molar-refractivity contribution is 7.89. The average Bonchev–Trinajstić information content (AvgIpc) is 3.10. The van der Waals surface area contributed by atoms with E-state index in [2.05, 4.69) is 15.4 Å². The van der Waals surface area contributed by atoms with Crippen molar-refractivity contribution in [3.05, 3.63) is 24.3 Å². The SMILES string of the molecule is O=C(Nc1cccc(S(=O)(=O)NC2CC2)c1)C1CNC1. The molecule has 0 bridgehead atoms. The van der Waals surface area contributed by atoms with Crippen molar-refractivity contribution < 1.29 is 13.2 Å². The Balaban J connectivity index is 1.73. The van der Waals surface area contributed by atoms with E-state index in [4.69, 9.17) is 0 Å². The van der Waals surface area contributed by atoms with Crippen molar-refractivity contribution in [2.75, 3.05) is 18.4 Å². The summed E-state index contributed by atoms with van der Waals surface area (Å²) in [4.78, 5) is 12.0. The molecule has 1 aliphatic carbocycles. The van der Waals surface area contributed by atoms with Crippen LogP contribution in [0.1, 0.15) is 12.8 Å². The molecule has 3 rings (SSSR count). The molecule has 1 saturated carbocycles. The summed E-state index contributed by atoms with van der Waals surface area (Å²) in [6, 6.07) is 6.43. The first-order valence-corrected chi connectivity index (χ1v) is 8.17. The van der Waals surface area contributed by atoms with Gasteiger partial charge >= 0.3 is 0 Å². The van der Waals surface area contributed by atoms with Gasteiger partial charge in [-0.05, 0) is 31.0 Å². The van der Waals surface area contributed by atoms with Crippen molar-refractivity contribution in [1.82, 2.24) is 10.0 Å². The van der Waals surface area contributed by atoms with Gasteiger partial charge in [0.25, 0.3) is 0 Å². The molecule has 7 heteroatoms. The lowest BCUT2D eigenvalue weighted by Gasteiger charge is -2.25. The van der Waals surface area contributed by atoms with Crippen molar-refractivity contribution in [2.45, 2.75) is 23.8 Å². The van der Waals surface area contributed by atoms with Crippen molar-refractivity contribution in [3.8, 4) is 0 Å². The van der Waals surface area contributed by atoms with E-state index >= 15 is 0 Å². The number of anilines is 1. The van der Waals surface area contributed by atoms with Gasteiger partial charge in [0.05, 0.1) is 10.8 Å². The van der Waals surface area contributed by atoms with Gasteiger partial charge in [-0.25, -0.2) is 13.1 Å². The third-order valence-corrected chi connectivity index (χ3v) is 4.98. The molecule has 108 valence electrons. The zero-order valence-electron chi connectivity index (χ0n) is 10.9. The Kier molecular flexibility index (Phi) is 3.49. The Morgan fingerprint density at radius 1 is 1.25 bits per heavy atom. The predicted octanol–water partition coefficient (Wildman–Crippen LogP) is 0.285. The molecular formula is C13H17N3O3S. The van der Waals surface area contributed by atoms with Crippen molar-refractivity contribution in [3.63, 3.8) is 0 Å². The fraction of sp³-hybridized carbons (Fsp3) is 0.462. The normalized spacial score (nSPS) is 19.4. The Morgan fingerprint density at radius 2 is 2.00 bits per heavy atom. The molecule has 2 fully saturated rings. The van der Waals surface area contributed by atoms with Gasteiger partial charge in [0.15, 0.2) is 0 Å². The zero-order chi connectivity index (χ0) is 14.2. The van der Waals surface area contributed by atoms with Gasteiger partial charge in [0.2, 0.25) is 15.9 Å². The van der Waals surface area contributed by atoms with Gasteiger partial charge < -0.3 is 10.6 Å². The van der Waals surface area contributed by atoms with Crippen LogP contribution in [0.2, 0.25) is 0 Å². The maximum absolute atomic E-state index is 12.1. The quantitative estimate of drug-likeness (QED) is 0.728. The van der Waals surface area contributed by atoms with Gasteiger partial charge in [-0.3, -0.25) is 4.79 Å². The number of carbonyl (C=O) groups is 1. The van der Waals surface area contributed by atoms with Gasteiger partial charge in [-0.2, -0.15) is 0 Å². The number of carbonyl (C=O) groups excluding carboxylic acids is 1. The summed E-state index contributed by atoms with van der Waals surface area (Å²) < 4.78 is 26.8. The average molecular weight is 295 g/mol. The van der Waals surface area contributed by atoms with Crippen LogP contribution in [0.4, 0.5) is 5.69 Å². The summed E-state index contributed by atoms with van der Waals surface area (Å²) in [6.07, 6.45) is 1.79. The molecule has 0 spiro atoms. The molecule has 0 atom stereocenters. The van der Waals surface area contributed by atoms with Crippen molar-refractivity contribution in [2.24, 2.45) is 5.92 Å². The third-order valence-electron chi connectivity index (χ3n) is 3.46. The van der Waals surface area contributed by atoms with Crippen LogP contribution in [0.25, 0.3) is 0 Å². The Labute approximate surface area is 118 Å². The first kappa shape index (κ1) is 13.5. The minimum atomic E-state index is -3.48. The molecular weight excluding hydrogens is 278 g/mol. The second kappa shape index (κ2) is 5.16. The summed E-state index contributed by atoms with van der Waals surface area (Å²) in [5.41, 5.74) is 0.514. The van der Waals surface area contributed by atoms with E-state index in [-0.39, 0.29) is 22.8 Å². The van der Waals surface area contributed by atoms with Crippen LogP contribution in [-0.4, -0.2) is 33.5 Å². The smallest absolute Gasteiger partial charge is 0.240 e. The summed E-state index contributed by atoms with van der Waals surface area (Å²) in [6.45, 7) is 1.35. The Morgan fingerprint density at radius 3 is 2.60 bits per heavy atom. The zero-order valence-corrected chi connectivity index (χ0v) is 11.7. The molecule has 1 aliphatic heterocycles. The highest BCUT2D eigenvalue weighted by atomic mass is 32.2. The molecule has 1 amide bonds. The molecule has 6 nitrogen and oxygen atoms in total. The van der Waals surface area contributed by atoms with Crippen LogP contribution in [-0.2, 0) is 14.8 Å². The van der Waals surface area contributed by atoms with Crippen molar-refractivity contribution >= 4 is 21.6 Å². The molecule has 0 unspecified atom stereocenters.